The Balaban J connectivity index is 2.44. The summed E-state index contributed by atoms with van der Waals surface area (Å²) in [6, 6.07) is 11.1. The molecule has 0 saturated heterocycles. The lowest BCUT2D eigenvalue weighted by atomic mass is 10.2. The minimum Gasteiger partial charge on any atom is -0.269 e. The summed E-state index contributed by atoms with van der Waals surface area (Å²) in [5, 5.41) is 8.66. The summed E-state index contributed by atoms with van der Waals surface area (Å²) in [4.78, 5) is 3.70. The Kier molecular flexibility index (Phi) is 3.93. The van der Waals surface area contributed by atoms with Crippen LogP contribution in [0.2, 0.25) is 5.15 Å². The second-order valence-corrected chi connectivity index (χ2v) is 6.22. The molecule has 0 amide bonds. The van der Waals surface area contributed by atoms with Gasteiger partial charge in [-0.1, -0.05) is 11.6 Å². The smallest absolute Gasteiger partial charge is 0.267 e. The highest BCUT2D eigenvalue weighted by atomic mass is 35.5. The highest BCUT2D eigenvalue weighted by molar-refractivity contribution is 7.92. The van der Waals surface area contributed by atoms with Gasteiger partial charge in [-0.25, -0.2) is 13.4 Å². The Labute approximate surface area is 122 Å². The number of halogens is 1. The van der Waals surface area contributed by atoms with Crippen LogP contribution >= 0.6 is 11.6 Å². The summed E-state index contributed by atoms with van der Waals surface area (Å²) in [6.45, 7) is 0. The molecule has 7 heteroatoms. The second kappa shape index (κ2) is 5.49. The van der Waals surface area contributed by atoms with E-state index in [1.807, 2.05) is 6.07 Å². The van der Waals surface area contributed by atoms with Gasteiger partial charge >= 0.3 is 0 Å². The first kappa shape index (κ1) is 14.3. The van der Waals surface area contributed by atoms with Gasteiger partial charge in [0.1, 0.15) is 10.0 Å². The fourth-order valence-corrected chi connectivity index (χ4v) is 3.22. The molecule has 1 aromatic heterocycles. The molecule has 0 aliphatic rings. The van der Waals surface area contributed by atoms with Gasteiger partial charge in [-0.2, -0.15) is 5.26 Å². The molecule has 1 heterocycles. The molecular formula is C13H10ClN3O2S. The van der Waals surface area contributed by atoms with Crippen molar-refractivity contribution in [2.75, 3.05) is 11.4 Å². The number of nitrogens with zero attached hydrogens (tertiary/aromatic N) is 3. The average Bonchev–Trinajstić information content (AvgIpc) is 2.47. The number of rotatable bonds is 3. The Hall–Kier alpha value is -2.10. The largest absolute Gasteiger partial charge is 0.269 e. The normalized spacial score (nSPS) is 10.8. The van der Waals surface area contributed by atoms with E-state index >= 15 is 0 Å². The van der Waals surface area contributed by atoms with Crippen molar-refractivity contribution in [3.8, 4) is 6.07 Å². The minimum absolute atomic E-state index is 0.0615. The molecule has 0 N–H and O–H groups in total. The third-order valence-electron chi connectivity index (χ3n) is 2.72. The maximum absolute atomic E-state index is 12.4. The molecule has 0 bridgehead atoms. The molecule has 0 spiro atoms. The fourth-order valence-electron chi connectivity index (χ4n) is 1.60. The lowest BCUT2D eigenvalue weighted by molar-refractivity contribution is 0.594. The van der Waals surface area contributed by atoms with Crippen LogP contribution in [0, 0.1) is 11.3 Å². The van der Waals surface area contributed by atoms with Gasteiger partial charge in [-0.3, -0.25) is 4.31 Å². The van der Waals surface area contributed by atoms with E-state index in [2.05, 4.69) is 4.98 Å². The number of anilines is 1. The van der Waals surface area contributed by atoms with Gasteiger partial charge in [0, 0.05) is 13.2 Å². The van der Waals surface area contributed by atoms with E-state index in [0.717, 1.165) is 4.31 Å². The Morgan fingerprint density at radius 1 is 1.25 bits per heavy atom. The van der Waals surface area contributed by atoms with Gasteiger partial charge in [0.15, 0.2) is 0 Å². The third-order valence-corrected chi connectivity index (χ3v) is 4.95. The Morgan fingerprint density at radius 3 is 2.45 bits per heavy atom. The summed E-state index contributed by atoms with van der Waals surface area (Å²) in [6.07, 6.45) is 1.42. The predicted molar refractivity (Wildman–Crippen MR) is 76.0 cm³/mol. The maximum Gasteiger partial charge on any atom is 0.267 e. The fraction of sp³-hybridized carbons (Fsp3) is 0.0769. The van der Waals surface area contributed by atoms with Crippen molar-refractivity contribution >= 4 is 27.3 Å². The van der Waals surface area contributed by atoms with Crippen LogP contribution < -0.4 is 4.31 Å². The first-order valence-electron chi connectivity index (χ1n) is 5.56. The lowest BCUT2D eigenvalue weighted by Crippen LogP contribution is -2.26. The average molecular weight is 308 g/mol. The van der Waals surface area contributed by atoms with E-state index in [4.69, 9.17) is 16.9 Å². The maximum atomic E-state index is 12.4. The van der Waals surface area contributed by atoms with Crippen LogP contribution in [0.1, 0.15) is 5.56 Å². The topological polar surface area (TPSA) is 74.1 Å². The zero-order valence-corrected chi connectivity index (χ0v) is 12.1. The molecule has 20 heavy (non-hydrogen) atoms. The van der Waals surface area contributed by atoms with Crippen LogP contribution in [0.15, 0.2) is 47.5 Å². The number of aromatic nitrogens is 1. The lowest BCUT2D eigenvalue weighted by Gasteiger charge is -2.19. The van der Waals surface area contributed by atoms with Gasteiger partial charge < -0.3 is 0 Å². The van der Waals surface area contributed by atoms with Crippen LogP contribution in [0.5, 0.6) is 0 Å². The molecule has 0 aliphatic carbocycles. The number of sulfonamides is 1. The molecule has 102 valence electrons. The van der Waals surface area contributed by atoms with Gasteiger partial charge in [0.05, 0.1) is 17.3 Å². The van der Waals surface area contributed by atoms with Crippen molar-refractivity contribution in [3.63, 3.8) is 0 Å². The summed E-state index contributed by atoms with van der Waals surface area (Å²) < 4.78 is 26.0. The zero-order chi connectivity index (χ0) is 14.8. The first-order valence-corrected chi connectivity index (χ1v) is 7.38. The molecule has 2 rings (SSSR count). The first-order chi connectivity index (χ1) is 9.46. The van der Waals surface area contributed by atoms with E-state index < -0.39 is 10.0 Å². The van der Waals surface area contributed by atoms with Crippen molar-refractivity contribution in [2.45, 2.75) is 4.90 Å². The molecule has 0 atom stereocenters. The van der Waals surface area contributed by atoms with E-state index in [9.17, 15) is 8.42 Å². The molecule has 2 aromatic rings. The van der Waals surface area contributed by atoms with Gasteiger partial charge in [-0.15, -0.1) is 0 Å². The molecule has 0 unspecified atom stereocenters. The van der Waals surface area contributed by atoms with Crippen LogP contribution in [0.4, 0.5) is 5.69 Å². The number of pyridine rings is 1. The van der Waals surface area contributed by atoms with Gasteiger partial charge in [0.2, 0.25) is 0 Å². The van der Waals surface area contributed by atoms with E-state index in [1.165, 1.54) is 25.4 Å². The number of hydrogen-bond acceptors (Lipinski definition) is 4. The zero-order valence-electron chi connectivity index (χ0n) is 10.5. The molecule has 0 saturated carbocycles. The summed E-state index contributed by atoms with van der Waals surface area (Å²) >= 11 is 5.83. The molecule has 5 nitrogen and oxygen atoms in total. The standard InChI is InChI=1S/C13H10ClN3O2S/c1-17(11-6-4-10(9-15)5-7-11)20(18,19)12-3-2-8-16-13(12)14/h2-8H,1H3. The van der Waals surface area contributed by atoms with E-state index in [-0.39, 0.29) is 10.0 Å². The quantitative estimate of drug-likeness (QED) is 0.816. The Morgan fingerprint density at radius 2 is 1.90 bits per heavy atom. The molecule has 0 radical (unpaired) electrons. The highest BCUT2D eigenvalue weighted by Crippen LogP contribution is 2.25. The highest BCUT2D eigenvalue weighted by Gasteiger charge is 2.24. The molecule has 0 aliphatic heterocycles. The number of benzene rings is 1. The molecule has 1 aromatic carbocycles. The monoisotopic (exact) mass is 307 g/mol. The second-order valence-electron chi connectivity index (χ2n) is 3.92. The van der Waals surface area contributed by atoms with Crippen molar-refractivity contribution in [1.29, 1.82) is 5.26 Å². The number of hydrogen-bond donors (Lipinski definition) is 0. The van der Waals surface area contributed by atoms with E-state index in [1.54, 1.807) is 24.3 Å². The van der Waals surface area contributed by atoms with E-state index in [0.29, 0.717) is 11.3 Å². The van der Waals surface area contributed by atoms with Gasteiger partial charge in [0.25, 0.3) is 10.0 Å². The van der Waals surface area contributed by atoms with Crippen LogP contribution in [-0.4, -0.2) is 20.4 Å². The third kappa shape index (κ3) is 2.59. The van der Waals surface area contributed by atoms with Crippen molar-refractivity contribution in [3.05, 3.63) is 53.3 Å². The number of nitriles is 1. The van der Waals surface area contributed by atoms with Crippen LogP contribution in [0.3, 0.4) is 0 Å². The van der Waals surface area contributed by atoms with Gasteiger partial charge in [-0.05, 0) is 36.4 Å². The summed E-state index contributed by atoms with van der Waals surface area (Å²) in [5.41, 5.74) is 0.892. The van der Waals surface area contributed by atoms with Crippen LogP contribution in [-0.2, 0) is 10.0 Å². The molecular weight excluding hydrogens is 298 g/mol. The van der Waals surface area contributed by atoms with Crippen molar-refractivity contribution in [1.82, 2.24) is 4.98 Å². The minimum atomic E-state index is -3.79. The predicted octanol–water partition coefficient (Wildman–Crippen LogP) is 2.43. The summed E-state index contributed by atoms with van der Waals surface area (Å²) in [7, 11) is -2.37. The van der Waals surface area contributed by atoms with Crippen LogP contribution in [0.25, 0.3) is 0 Å². The van der Waals surface area contributed by atoms with Crippen molar-refractivity contribution < 1.29 is 8.42 Å². The molecule has 0 fully saturated rings. The summed E-state index contributed by atoms with van der Waals surface area (Å²) in [5.74, 6) is 0. The Bertz CT molecular complexity index is 767. The SMILES string of the molecule is CN(c1ccc(C#N)cc1)S(=O)(=O)c1cccnc1Cl. The van der Waals surface area contributed by atoms with Crippen molar-refractivity contribution in [2.24, 2.45) is 0 Å².